The fraction of sp³-hybridized carbons (Fsp3) is 0.500. The molecule has 5 nitrogen and oxygen atoms in total. The number of nitrogens with zero attached hydrogens (tertiary/aromatic N) is 3. The number of benzene rings is 1. The van der Waals surface area contributed by atoms with Crippen LogP contribution in [0.15, 0.2) is 30.3 Å². The molecule has 1 fully saturated rings. The van der Waals surface area contributed by atoms with E-state index in [0.29, 0.717) is 0 Å². The lowest BCUT2D eigenvalue weighted by Gasteiger charge is -2.30. The molecule has 0 aliphatic carbocycles. The van der Waals surface area contributed by atoms with Crippen LogP contribution in [0, 0.1) is 13.8 Å². The second-order valence-electron chi connectivity index (χ2n) is 6.28. The van der Waals surface area contributed by atoms with Gasteiger partial charge < -0.3 is 15.0 Å². The maximum atomic E-state index is 5.80. The second-order valence-corrected chi connectivity index (χ2v) is 6.28. The van der Waals surface area contributed by atoms with Gasteiger partial charge in [-0.2, -0.15) is 5.10 Å². The Balaban J connectivity index is 1.63. The molecule has 0 saturated carbocycles. The highest BCUT2D eigenvalue weighted by Gasteiger charge is 2.18. The first-order valence-electron chi connectivity index (χ1n) is 8.26. The molecule has 1 aromatic heterocycles. The van der Waals surface area contributed by atoms with Gasteiger partial charge in [-0.3, -0.25) is 0 Å². The number of likely N-dealkylation sites (N-methyl/N-ethyl adjacent to an activating group) is 1. The predicted molar refractivity (Wildman–Crippen MR) is 92.0 cm³/mol. The molecule has 1 aromatic carbocycles. The van der Waals surface area contributed by atoms with Crippen molar-refractivity contribution in [1.82, 2.24) is 20.0 Å². The van der Waals surface area contributed by atoms with Crippen LogP contribution >= 0.6 is 0 Å². The monoisotopic (exact) mass is 314 g/mol. The Bertz CT molecular complexity index is 638. The zero-order valence-corrected chi connectivity index (χ0v) is 14.2. The summed E-state index contributed by atoms with van der Waals surface area (Å²) in [7, 11) is 2.15. The molecule has 1 N–H and O–H groups in total. The zero-order valence-electron chi connectivity index (χ0n) is 14.2. The van der Waals surface area contributed by atoms with Crippen LogP contribution in [0.1, 0.15) is 17.0 Å². The first-order chi connectivity index (χ1) is 11.1. The van der Waals surface area contributed by atoms with Gasteiger partial charge in [0.1, 0.15) is 0 Å². The number of hydrogen-bond acceptors (Lipinski definition) is 4. The van der Waals surface area contributed by atoms with Gasteiger partial charge in [-0.1, -0.05) is 18.2 Å². The molecule has 23 heavy (non-hydrogen) atoms. The minimum Gasteiger partial charge on any atom is -0.374 e. The van der Waals surface area contributed by atoms with E-state index < -0.39 is 0 Å². The topological polar surface area (TPSA) is 42.3 Å². The van der Waals surface area contributed by atoms with Crippen LogP contribution in [0.5, 0.6) is 0 Å². The number of ether oxygens (including phenoxy) is 1. The van der Waals surface area contributed by atoms with E-state index in [1.54, 1.807) is 0 Å². The lowest BCUT2D eigenvalue weighted by atomic mass is 10.2. The van der Waals surface area contributed by atoms with Crippen LogP contribution in [0.2, 0.25) is 0 Å². The molecule has 1 aliphatic rings. The van der Waals surface area contributed by atoms with Crippen molar-refractivity contribution in [3.8, 4) is 5.69 Å². The van der Waals surface area contributed by atoms with Crippen LogP contribution < -0.4 is 5.32 Å². The van der Waals surface area contributed by atoms with Gasteiger partial charge in [-0.15, -0.1) is 0 Å². The van der Waals surface area contributed by atoms with Crippen molar-refractivity contribution in [2.24, 2.45) is 0 Å². The van der Waals surface area contributed by atoms with Crippen molar-refractivity contribution in [1.29, 1.82) is 0 Å². The maximum Gasteiger partial charge on any atom is 0.0826 e. The third kappa shape index (κ3) is 3.80. The van der Waals surface area contributed by atoms with Gasteiger partial charge in [-0.05, 0) is 33.0 Å². The average molecular weight is 314 g/mol. The Hall–Kier alpha value is -1.69. The Kier molecular flexibility index (Phi) is 5.10. The second kappa shape index (κ2) is 7.25. The summed E-state index contributed by atoms with van der Waals surface area (Å²) in [6.45, 7) is 8.76. The number of aryl methyl sites for hydroxylation is 1. The molecule has 0 radical (unpaired) electrons. The molecule has 124 valence electrons. The molecule has 5 heteroatoms. The third-order valence-electron chi connectivity index (χ3n) is 4.46. The smallest absolute Gasteiger partial charge is 0.0826 e. The van der Waals surface area contributed by atoms with Crippen LogP contribution in [0.25, 0.3) is 5.69 Å². The van der Waals surface area contributed by atoms with Crippen LogP contribution in [-0.2, 0) is 11.3 Å². The highest BCUT2D eigenvalue weighted by molar-refractivity contribution is 5.36. The summed E-state index contributed by atoms with van der Waals surface area (Å²) < 4.78 is 7.82. The molecule has 0 unspecified atom stereocenters. The van der Waals surface area contributed by atoms with Crippen molar-refractivity contribution in [3.63, 3.8) is 0 Å². The van der Waals surface area contributed by atoms with Gasteiger partial charge in [0, 0.05) is 37.4 Å². The van der Waals surface area contributed by atoms with Crippen molar-refractivity contribution >= 4 is 0 Å². The predicted octanol–water partition coefficient (Wildman–Crippen LogP) is 1.91. The van der Waals surface area contributed by atoms with E-state index in [1.807, 2.05) is 22.9 Å². The molecule has 0 amide bonds. The number of rotatable bonds is 5. The Morgan fingerprint density at radius 1 is 1.26 bits per heavy atom. The van der Waals surface area contributed by atoms with Gasteiger partial charge in [0.2, 0.25) is 0 Å². The van der Waals surface area contributed by atoms with Crippen LogP contribution in [0.4, 0.5) is 0 Å². The van der Waals surface area contributed by atoms with E-state index in [2.05, 4.69) is 43.2 Å². The van der Waals surface area contributed by atoms with E-state index in [-0.39, 0.29) is 6.10 Å². The number of nitrogens with one attached hydrogen (secondary N) is 1. The normalized spacial score (nSPS) is 19.2. The highest BCUT2D eigenvalue weighted by Crippen LogP contribution is 2.17. The van der Waals surface area contributed by atoms with Crippen molar-refractivity contribution in [3.05, 3.63) is 47.3 Å². The lowest BCUT2D eigenvalue weighted by molar-refractivity contribution is -0.0182. The molecule has 0 spiro atoms. The molecule has 0 bridgehead atoms. The van der Waals surface area contributed by atoms with Gasteiger partial charge in [0.25, 0.3) is 0 Å². The SMILES string of the molecule is Cc1nn(-c2ccccc2)c(C)c1CNC[C@H]1CN(C)CCO1. The van der Waals surface area contributed by atoms with E-state index in [0.717, 1.165) is 44.2 Å². The number of para-hydroxylation sites is 1. The average Bonchev–Trinajstić information content (AvgIpc) is 2.84. The van der Waals surface area contributed by atoms with Crippen LogP contribution in [-0.4, -0.2) is 54.1 Å². The summed E-state index contributed by atoms with van der Waals surface area (Å²) in [4.78, 5) is 2.32. The van der Waals surface area contributed by atoms with E-state index in [9.17, 15) is 0 Å². The summed E-state index contributed by atoms with van der Waals surface area (Å²) in [5.41, 5.74) is 4.66. The first-order valence-corrected chi connectivity index (χ1v) is 8.26. The van der Waals surface area contributed by atoms with Crippen molar-refractivity contribution in [2.45, 2.75) is 26.5 Å². The highest BCUT2D eigenvalue weighted by atomic mass is 16.5. The quantitative estimate of drug-likeness (QED) is 0.915. The summed E-state index contributed by atoms with van der Waals surface area (Å²) in [6.07, 6.45) is 0.276. The summed E-state index contributed by atoms with van der Waals surface area (Å²) >= 11 is 0. The number of hydrogen-bond donors (Lipinski definition) is 1. The summed E-state index contributed by atoms with van der Waals surface area (Å²) in [6, 6.07) is 10.3. The Morgan fingerprint density at radius 3 is 2.78 bits per heavy atom. The van der Waals surface area contributed by atoms with Crippen molar-refractivity contribution in [2.75, 3.05) is 33.3 Å². The van der Waals surface area contributed by atoms with E-state index >= 15 is 0 Å². The number of morpholine rings is 1. The van der Waals surface area contributed by atoms with E-state index in [4.69, 9.17) is 9.84 Å². The minimum absolute atomic E-state index is 0.276. The first kappa shape index (κ1) is 16.2. The van der Waals surface area contributed by atoms with E-state index in [1.165, 1.54) is 11.3 Å². The zero-order chi connectivity index (χ0) is 16.2. The molecule has 1 atom stereocenters. The molecular formula is C18H26N4O. The molecule has 1 aliphatic heterocycles. The summed E-state index contributed by atoms with van der Waals surface area (Å²) in [5, 5.41) is 8.23. The maximum absolute atomic E-state index is 5.80. The Labute approximate surface area is 138 Å². The summed E-state index contributed by atoms with van der Waals surface area (Å²) in [5.74, 6) is 0. The van der Waals surface area contributed by atoms with Gasteiger partial charge >= 0.3 is 0 Å². The van der Waals surface area contributed by atoms with Crippen molar-refractivity contribution < 1.29 is 4.74 Å². The minimum atomic E-state index is 0.276. The standard InChI is InChI=1S/C18H26N4O/c1-14-18(12-19-11-17-13-21(3)9-10-23-17)15(2)22(20-14)16-7-5-4-6-8-16/h4-8,17,19H,9-13H2,1-3H3/t17-/m0/s1. The molecule has 2 heterocycles. The largest absolute Gasteiger partial charge is 0.374 e. The number of aromatic nitrogens is 2. The Morgan fingerprint density at radius 2 is 2.04 bits per heavy atom. The fourth-order valence-corrected chi connectivity index (χ4v) is 3.10. The lowest BCUT2D eigenvalue weighted by Crippen LogP contribution is -2.44. The van der Waals surface area contributed by atoms with Crippen LogP contribution in [0.3, 0.4) is 0 Å². The molecular weight excluding hydrogens is 288 g/mol. The fourth-order valence-electron chi connectivity index (χ4n) is 3.10. The molecule has 1 saturated heterocycles. The third-order valence-corrected chi connectivity index (χ3v) is 4.46. The van der Waals surface area contributed by atoms with Gasteiger partial charge in [0.15, 0.2) is 0 Å². The van der Waals surface area contributed by atoms with Gasteiger partial charge in [0.05, 0.1) is 24.1 Å². The molecule has 3 rings (SSSR count). The van der Waals surface area contributed by atoms with Gasteiger partial charge in [-0.25, -0.2) is 4.68 Å². The molecule has 2 aromatic rings.